The van der Waals surface area contributed by atoms with Gasteiger partial charge in [0.2, 0.25) is 0 Å². The zero-order valence-electron chi connectivity index (χ0n) is 12.8. The van der Waals surface area contributed by atoms with Crippen LogP contribution in [0.3, 0.4) is 0 Å². The maximum Gasteiger partial charge on any atom is 0.145 e. The Hall–Kier alpha value is -1.63. The zero-order valence-corrected chi connectivity index (χ0v) is 11.8. The van der Waals surface area contributed by atoms with Gasteiger partial charge in [0.05, 0.1) is 0 Å². The Morgan fingerprint density at radius 3 is 1.94 bits per heavy atom. The molecule has 0 aliphatic rings. The van der Waals surface area contributed by atoms with Gasteiger partial charge >= 0.3 is 0 Å². The number of carbonyl (C=O) groups is 1. The summed E-state index contributed by atoms with van der Waals surface area (Å²) in [5.74, 6) is 1.25. The van der Waals surface area contributed by atoms with Gasteiger partial charge < -0.3 is 0 Å². The molecular weight excluding hydrogens is 220 g/mol. The summed E-state index contributed by atoms with van der Waals surface area (Å²) in [4.78, 5) is 10.6. The van der Waals surface area contributed by atoms with E-state index in [9.17, 15) is 4.79 Å². The van der Waals surface area contributed by atoms with Crippen molar-refractivity contribution in [2.75, 3.05) is 0 Å². The normalized spacial score (nSPS) is 16.5. The van der Waals surface area contributed by atoms with Crippen LogP contribution in [-0.4, -0.2) is 6.26 Å². The van der Waals surface area contributed by atoms with Crippen molar-refractivity contribution in [3.63, 3.8) is 0 Å². The standard InChI is InChI=1S/C17H24O/c1-15(2)17(4)13-11-9-7-5-6-8-10-12-16(3)14-18/h5-15,17H,1-4H3/b6-5+,9-7+,10-8+,13-11+,16-12+/i14D. The van der Waals surface area contributed by atoms with Crippen molar-refractivity contribution in [3.8, 4) is 0 Å². The predicted octanol–water partition coefficient (Wildman–Crippen LogP) is 4.65. The van der Waals surface area contributed by atoms with Crippen LogP contribution in [0, 0.1) is 11.8 Å². The summed E-state index contributed by atoms with van der Waals surface area (Å²) in [5.41, 5.74) is 0.436. The van der Waals surface area contributed by atoms with E-state index < -0.39 is 6.26 Å². The number of hydrogen-bond donors (Lipinski definition) is 0. The third-order valence-electron chi connectivity index (χ3n) is 2.64. The summed E-state index contributed by atoms with van der Waals surface area (Å²) in [7, 11) is 0. The molecule has 0 aliphatic heterocycles. The maximum atomic E-state index is 10.6. The van der Waals surface area contributed by atoms with E-state index in [1.54, 1.807) is 19.1 Å². The largest absolute Gasteiger partial charge is 0.298 e. The van der Waals surface area contributed by atoms with Gasteiger partial charge in [0.1, 0.15) is 7.63 Å². The van der Waals surface area contributed by atoms with Gasteiger partial charge in [0, 0.05) is 0 Å². The maximum absolute atomic E-state index is 10.6. The van der Waals surface area contributed by atoms with Crippen LogP contribution in [0.4, 0.5) is 0 Å². The molecule has 1 atom stereocenters. The lowest BCUT2D eigenvalue weighted by Gasteiger charge is -2.08. The molecule has 0 radical (unpaired) electrons. The Labute approximate surface area is 113 Å². The summed E-state index contributed by atoms with van der Waals surface area (Å²) < 4.78 is 6.86. The molecule has 0 saturated heterocycles. The summed E-state index contributed by atoms with van der Waals surface area (Å²) in [5, 5.41) is 0. The molecule has 0 bridgehead atoms. The first-order valence-electron chi connectivity index (χ1n) is 6.81. The van der Waals surface area contributed by atoms with Gasteiger partial charge in [-0.3, -0.25) is 4.79 Å². The minimum absolute atomic E-state index is 0.436. The van der Waals surface area contributed by atoms with Crippen molar-refractivity contribution < 1.29 is 6.17 Å². The number of hydrogen-bond acceptors (Lipinski definition) is 1. The minimum atomic E-state index is -0.641. The molecule has 0 amide bonds. The second-order valence-corrected chi connectivity index (χ2v) is 4.59. The average molecular weight is 245 g/mol. The summed E-state index contributed by atoms with van der Waals surface area (Å²) in [6.07, 6.45) is 16.6. The van der Waals surface area contributed by atoms with E-state index in [2.05, 4.69) is 32.9 Å². The molecule has 1 heteroatoms. The smallest absolute Gasteiger partial charge is 0.145 e. The average Bonchev–Trinajstić information content (AvgIpc) is 2.35. The molecule has 0 N–H and O–H groups in total. The van der Waals surface area contributed by atoms with Crippen molar-refractivity contribution in [2.45, 2.75) is 27.7 Å². The molecule has 0 aromatic carbocycles. The first-order valence-corrected chi connectivity index (χ1v) is 6.31. The number of carbonyl (C=O) groups excluding carboxylic acids is 1. The van der Waals surface area contributed by atoms with E-state index in [4.69, 9.17) is 1.37 Å². The van der Waals surface area contributed by atoms with E-state index >= 15 is 0 Å². The molecule has 0 aromatic heterocycles. The molecule has 0 saturated carbocycles. The monoisotopic (exact) mass is 245 g/mol. The summed E-state index contributed by atoms with van der Waals surface area (Å²) in [6.45, 7) is 8.25. The lowest BCUT2D eigenvalue weighted by molar-refractivity contribution is -0.104. The molecule has 0 aliphatic carbocycles. The highest BCUT2D eigenvalue weighted by Crippen LogP contribution is 2.10. The third kappa shape index (κ3) is 9.59. The fourth-order valence-corrected chi connectivity index (χ4v) is 1.02. The van der Waals surface area contributed by atoms with Crippen LogP contribution in [0.2, 0.25) is 0 Å². The van der Waals surface area contributed by atoms with E-state index in [1.807, 2.05) is 30.4 Å². The highest BCUT2D eigenvalue weighted by molar-refractivity contribution is 5.72. The molecule has 0 spiro atoms. The zero-order chi connectivity index (χ0) is 14.7. The van der Waals surface area contributed by atoms with Crippen molar-refractivity contribution in [3.05, 3.63) is 60.3 Å². The number of rotatable bonds is 7. The van der Waals surface area contributed by atoms with Gasteiger partial charge in [0.25, 0.3) is 0 Å². The van der Waals surface area contributed by atoms with Crippen LogP contribution < -0.4 is 0 Å². The van der Waals surface area contributed by atoms with Crippen LogP contribution in [0.15, 0.2) is 60.3 Å². The Morgan fingerprint density at radius 2 is 1.44 bits per heavy atom. The lowest BCUT2D eigenvalue weighted by Crippen LogP contribution is -1.98. The molecule has 98 valence electrons. The SMILES string of the molecule is [2H]C(=O)/C(C)=C/C=C/C=C/C=C/C=C/C(C)C(C)C. The molecule has 1 unspecified atom stereocenters. The van der Waals surface area contributed by atoms with Crippen molar-refractivity contribution in [1.29, 1.82) is 0 Å². The Morgan fingerprint density at radius 1 is 0.944 bits per heavy atom. The van der Waals surface area contributed by atoms with Crippen LogP contribution in [0.1, 0.15) is 29.1 Å². The van der Waals surface area contributed by atoms with E-state index in [0.717, 1.165) is 0 Å². The van der Waals surface area contributed by atoms with Gasteiger partial charge in [-0.25, -0.2) is 0 Å². The summed E-state index contributed by atoms with van der Waals surface area (Å²) in [6, 6.07) is 0. The molecule has 1 nitrogen and oxygen atoms in total. The van der Waals surface area contributed by atoms with Gasteiger partial charge in [0.15, 0.2) is 0 Å². The van der Waals surface area contributed by atoms with Crippen LogP contribution in [0.25, 0.3) is 0 Å². The van der Waals surface area contributed by atoms with Gasteiger partial charge in [-0.1, -0.05) is 75.5 Å². The van der Waals surface area contributed by atoms with Crippen LogP contribution >= 0.6 is 0 Å². The highest BCUT2D eigenvalue weighted by Gasteiger charge is 1.99. The lowest BCUT2D eigenvalue weighted by atomic mass is 9.98. The van der Waals surface area contributed by atoms with E-state index in [0.29, 0.717) is 17.4 Å². The van der Waals surface area contributed by atoms with Gasteiger partial charge in [-0.2, -0.15) is 0 Å². The van der Waals surface area contributed by atoms with E-state index in [-0.39, 0.29) is 0 Å². The molecule has 0 rings (SSSR count). The first kappa shape index (κ1) is 14.4. The topological polar surface area (TPSA) is 17.1 Å². The van der Waals surface area contributed by atoms with E-state index in [1.165, 1.54) is 0 Å². The fraction of sp³-hybridized carbons (Fsp3) is 0.353. The molecule has 0 heterocycles. The van der Waals surface area contributed by atoms with Crippen molar-refractivity contribution in [2.24, 2.45) is 11.8 Å². The second-order valence-electron chi connectivity index (χ2n) is 4.59. The summed E-state index contributed by atoms with van der Waals surface area (Å²) >= 11 is 0. The first-order chi connectivity index (χ1) is 8.95. The molecule has 18 heavy (non-hydrogen) atoms. The molecule has 0 aromatic rings. The number of allylic oxidation sites excluding steroid dienone is 10. The highest BCUT2D eigenvalue weighted by atomic mass is 16.1. The third-order valence-corrected chi connectivity index (χ3v) is 2.64. The molecule has 0 fully saturated rings. The van der Waals surface area contributed by atoms with Crippen LogP contribution in [-0.2, 0) is 4.79 Å². The van der Waals surface area contributed by atoms with Crippen molar-refractivity contribution in [1.82, 2.24) is 0 Å². The Kier molecular flexibility index (Phi) is 8.43. The molecular formula is C17H24O. The second kappa shape index (κ2) is 10.5. The van der Waals surface area contributed by atoms with Crippen LogP contribution in [0.5, 0.6) is 0 Å². The minimum Gasteiger partial charge on any atom is -0.298 e. The van der Waals surface area contributed by atoms with Gasteiger partial charge in [-0.15, -0.1) is 0 Å². The van der Waals surface area contributed by atoms with Crippen molar-refractivity contribution >= 4 is 6.26 Å². The Balaban J connectivity index is 4.07. The number of aldehydes is 1. The quantitative estimate of drug-likeness (QED) is 0.362. The van der Waals surface area contributed by atoms with Gasteiger partial charge in [-0.05, 0) is 24.3 Å². The Bertz CT molecular complexity index is 409. The fourth-order valence-electron chi connectivity index (χ4n) is 1.02. The predicted molar refractivity (Wildman–Crippen MR) is 80.4 cm³/mol.